The van der Waals surface area contributed by atoms with Crippen LogP contribution in [0, 0.1) is 25.2 Å². The van der Waals surface area contributed by atoms with Crippen molar-refractivity contribution in [3.63, 3.8) is 0 Å². The zero-order chi connectivity index (χ0) is 13.3. The molecule has 0 bridgehead atoms. The second-order valence-corrected chi connectivity index (χ2v) is 5.09. The highest BCUT2D eigenvalue weighted by molar-refractivity contribution is 5.86. The molecule has 0 saturated heterocycles. The minimum absolute atomic E-state index is 0.379. The molecule has 1 heterocycles. The number of aryl methyl sites for hydroxylation is 2. The van der Waals surface area contributed by atoms with E-state index in [1.165, 1.54) is 22.0 Å². The van der Waals surface area contributed by atoms with Gasteiger partial charge in [-0.2, -0.15) is 5.26 Å². The predicted octanol–water partition coefficient (Wildman–Crippen LogP) is 4.49. The molecule has 18 heavy (non-hydrogen) atoms. The predicted molar refractivity (Wildman–Crippen MR) is 75.7 cm³/mol. The number of aromatic nitrogens is 1. The third-order valence-electron chi connectivity index (χ3n) is 3.82. The zero-order valence-electron chi connectivity index (χ0n) is 11.6. The van der Waals surface area contributed by atoms with Gasteiger partial charge < -0.3 is 4.57 Å². The van der Waals surface area contributed by atoms with Gasteiger partial charge in [0, 0.05) is 16.9 Å². The lowest BCUT2D eigenvalue weighted by molar-refractivity contribution is 0.511. The summed E-state index contributed by atoms with van der Waals surface area (Å²) < 4.78 is 2.19. The molecule has 1 atom stereocenters. The van der Waals surface area contributed by atoms with Crippen LogP contribution < -0.4 is 0 Å². The van der Waals surface area contributed by atoms with Crippen LogP contribution in [0.2, 0.25) is 0 Å². The first kappa shape index (κ1) is 12.7. The summed E-state index contributed by atoms with van der Waals surface area (Å²) in [7, 11) is 0. The number of rotatable bonds is 3. The highest BCUT2D eigenvalue weighted by Crippen LogP contribution is 2.29. The van der Waals surface area contributed by atoms with Gasteiger partial charge >= 0.3 is 0 Å². The molecule has 0 saturated carbocycles. The van der Waals surface area contributed by atoms with E-state index in [1.807, 2.05) is 6.07 Å². The van der Waals surface area contributed by atoms with Gasteiger partial charge in [-0.3, -0.25) is 0 Å². The van der Waals surface area contributed by atoms with Crippen LogP contribution in [0.5, 0.6) is 0 Å². The molecular weight excluding hydrogens is 220 g/mol. The highest BCUT2D eigenvalue weighted by Gasteiger charge is 2.15. The summed E-state index contributed by atoms with van der Waals surface area (Å²) in [5.74, 6) is 0. The molecule has 0 aliphatic carbocycles. The van der Waals surface area contributed by atoms with Gasteiger partial charge in [-0.1, -0.05) is 19.4 Å². The van der Waals surface area contributed by atoms with Crippen LogP contribution in [-0.2, 0) is 0 Å². The van der Waals surface area contributed by atoms with Crippen molar-refractivity contribution in [3.05, 3.63) is 35.0 Å². The van der Waals surface area contributed by atoms with Gasteiger partial charge in [0.15, 0.2) is 0 Å². The molecule has 1 aromatic heterocycles. The molecule has 0 amide bonds. The molecule has 1 unspecified atom stereocenters. The normalized spacial score (nSPS) is 12.6. The van der Waals surface area contributed by atoms with E-state index in [0.29, 0.717) is 6.04 Å². The number of nitriles is 1. The van der Waals surface area contributed by atoms with Crippen molar-refractivity contribution >= 4 is 10.9 Å². The fourth-order valence-electron chi connectivity index (χ4n) is 2.66. The van der Waals surface area contributed by atoms with Gasteiger partial charge in [0.2, 0.25) is 0 Å². The zero-order valence-corrected chi connectivity index (χ0v) is 11.6. The third-order valence-corrected chi connectivity index (χ3v) is 3.82. The lowest BCUT2D eigenvalue weighted by atomic mass is 10.1. The Morgan fingerprint density at radius 3 is 2.67 bits per heavy atom. The minimum Gasteiger partial charge on any atom is -0.329 e. The van der Waals surface area contributed by atoms with Crippen LogP contribution in [-0.4, -0.2) is 4.57 Å². The van der Waals surface area contributed by atoms with E-state index < -0.39 is 0 Å². The van der Waals surface area contributed by atoms with Crippen LogP contribution in [0.25, 0.3) is 10.9 Å². The fraction of sp³-hybridized carbons (Fsp3) is 0.438. The molecule has 0 aliphatic heterocycles. The average Bonchev–Trinajstić information content (AvgIpc) is 2.73. The minimum atomic E-state index is 0.379. The Morgan fingerprint density at radius 2 is 2.06 bits per heavy atom. The molecule has 2 rings (SSSR count). The smallest absolute Gasteiger partial charge is 0.121 e. The maximum atomic E-state index is 9.33. The summed E-state index contributed by atoms with van der Waals surface area (Å²) in [5, 5.41) is 10.5. The highest BCUT2D eigenvalue weighted by atomic mass is 15.0. The second-order valence-electron chi connectivity index (χ2n) is 5.09. The van der Waals surface area contributed by atoms with E-state index in [1.54, 1.807) is 0 Å². The van der Waals surface area contributed by atoms with Crippen LogP contribution in [0.1, 0.15) is 49.6 Å². The summed E-state index contributed by atoms with van der Waals surface area (Å²) in [5.41, 5.74) is 4.54. The number of fused-ring (bicyclic) bond motifs is 1. The van der Waals surface area contributed by atoms with Gasteiger partial charge in [-0.15, -0.1) is 0 Å². The lowest BCUT2D eigenvalue weighted by Gasteiger charge is -2.16. The SMILES string of the molecule is CCCC(C)n1c(C#N)cc2c(C)c(C)ccc21. The van der Waals surface area contributed by atoms with E-state index in [4.69, 9.17) is 0 Å². The van der Waals surface area contributed by atoms with Gasteiger partial charge in [-0.05, 0) is 50.5 Å². The molecule has 1 aromatic carbocycles. The van der Waals surface area contributed by atoms with Crippen molar-refractivity contribution in [3.8, 4) is 6.07 Å². The van der Waals surface area contributed by atoms with Crippen LogP contribution >= 0.6 is 0 Å². The molecule has 94 valence electrons. The quantitative estimate of drug-likeness (QED) is 0.777. The fourth-order valence-corrected chi connectivity index (χ4v) is 2.66. The van der Waals surface area contributed by atoms with Crippen molar-refractivity contribution in [1.82, 2.24) is 4.57 Å². The summed E-state index contributed by atoms with van der Waals surface area (Å²) in [6.07, 6.45) is 2.24. The number of hydrogen-bond donors (Lipinski definition) is 0. The Kier molecular flexibility index (Phi) is 3.43. The van der Waals surface area contributed by atoms with E-state index in [-0.39, 0.29) is 0 Å². The molecule has 0 fully saturated rings. The number of hydrogen-bond acceptors (Lipinski definition) is 1. The Balaban J connectivity index is 2.72. The largest absolute Gasteiger partial charge is 0.329 e. The Labute approximate surface area is 109 Å². The average molecular weight is 240 g/mol. The first-order chi connectivity index (χ1) is 8.60. The summed E-state index contributed by atoms with van der Waals surface area (Å²) in [6, 6.07) is 9.03. The summed E-state index contributed by atoms with van der Waals surface area (Å²) in [6.45, 7) is 8.63. The number of benzene rings is 1. The van der Waals surface area contributed by atoms with Crippen LogP contribution in [0.15, 0.2) is 18.2 Å². The second kappa shape index (κ2) is 4.86. The Morgan fingerprint density at radius 1 is 1.33 bits per heavy atom. The maximum Gasteiger partial charge on any atom is 0.121 e. The topological polar surface area (TPSA) is 28.7 Å². The van der Waals surface area contributed by atoms with E-state index in [9.17, 15) is 5.26 Å². The standard InChI is InChI=1S/C16H20N2/c1-5-6-12(3)18-14(10-17)9-15-13(4)11(2)7-8-16(15)18/h7-9,12H,5-6H2,1-4H3. The van der Waals surface area contributed by atoms with E-state index in [2.05, 4.69) is 50.5 Å². The Hall–Kier alpha value is -1.75. The van der Waals surface area contributed by atoms with Crippen LogP contribution in [0.4, 0.5) is 0 Å². The molecule has 0 spiro atoms. The van der Waals surface area contributed by atoms with Crippen molar-refractivity contribution in [1.29, 1.82) is 5.26 Å². The van der Waals surface area contributed by atoms with E-state index >= 15 is 0 Å². The first-order valence-electron chi connectivity index (χ1n) is 6.61. The molecule has 2 heteroatoms. The van der Waals surface area contributed by atoms with Crippen molar-refractivity contribution in [2.45, 2.75) is 46.6 Å². The van der Waals surface area contributed by atoms with Gasteiger partial charge in [-0.25, -0.2) is 0 Å². The van der Waals surface area contributed by atoms with E-state index in [0.717, 1.165) is 18.5 Å². The van der Waals surface area contributed by atoms with Crippen molar-refractivity contribution in [2.24, 2.45) is 0 Å². The Bertz CT molecular complexity index is 614. The summed E-state index contributed by atoms with van der Waals surface area (Å²) in [4.78, 5) is 0. The van der Waals surface area contributed by atoms with Gasteiger partial charge in [0.25, 0.3) is 0 Å². The number of nitrogens with zero attached hydrogens (tertiary/aromatic N) is 2. The van der Waals surface area contributed by atoms with Gasteiger partial charge in [0.05, 0.1) is 0 Å². The molecule has 0 radical (unpaired) electrons. The van der Waals surface area contributed by atoms with Crippen molar-refractivity contribution < 1.29 is 0 Å². The maximum absolute atomic E-state index is 9.33. The summed E-state index contributed by atoms with van der Waals surface area (Å²) >= 11 is 0. The monoisotopic (exact) mass is 240 g/mol. The molecule has 2 aromatic rings. The molecular formula is C16H20N2. The van der Waals surface area contributed by atoms with Crippen molar-refractivity contribution in [2.75, 3.05) is 0 Å². The lowest BCUT2D eigenvalue weighted by Crippen LogP contribution is -2.06. The van der Waals surface area contributed by atoms with Gasteiger partial charge in [0.1, 0.15) is 11.8 Å². The third kappa shape index (κ3) is 1.90. The molecule has 0 N–H and O–H groups in total. The first-order valence-corrected chi connectivity index (χ1v) is 6.61. The molecule has 2 nitrogen and oxygen atoms in total. The molecule has 0 aliphatic rings. The van der Waals surface area contributed by atoms with Crippen LogP contribution in [0.3, 0.4) is 0 Å².